The average Bonchev–Trinajstić information content (AvgIpc) is 2.37. The quantitative estimate of drug-likeness (QED) is 0.629. The van der Waals surface area contributed by atoms with Crippen molar-refractivity contribution in [3.8, 4) is 0 Å². The molecule has 1 unspecified atom stereocenters. The number of thiazole rings is 1. The third-order valence-electron chi connectivity index (χ3n) is 1.05. The summed E-state index contributed by atoms with van der Waals surface area (Å²) in [6.07, 6.45) is 1.68. The van der Waals surface area contributed by atoms with Gasteiger partial charge in [-0.25, -0.2) is 4.98 Å². The van der Waals surface area contributed by atoms with Crippen LogP contribution < -0.4 is 5.73 Å². The monoisotopic (exact) mass is 140 g/mol. The van der Waals surface area contributed by atoms with Gasteiger partial charge in [-0.15, -0.1) is 17.9 Å². The Kier molecular flexibility index (Phi) is 1.97. The highest BCUT2D eigenvalue weighted by molar-refractivity contribution is 7.07. The minimum absolute atomic E-state index is 0.101. The van der Waals surface area contributed by atoms with E-state index >= 15 is 0 Å². The summed E-state index contributed by atoms with van der Waals surface area (Å²) in [5.74, 6) is 0. The molecule has 0 spiro atoms. The average molecular weight is 140 g/mol. The van der Waals surface area contributed by atoms with Crippen LogP contribution in [0.5, 0.6) is 0 Å². The van der Waals surface area contributed by atoms with E-state index in [9.17, 15) is 0 Å². The smallest absolute Gasteiger partial charge is 0.0795 e. The van der Waals surface area contributed by atoms with E-state index in [0.717, 1.165) is 5.69 Å². The third-order valence-corrected chi connectivity index (χ3v) is 1.65. The molecule has 0 aliphatic rings. The lowest BCUT2D eigenvalue weighted by Crippen LogP contribution is -2.05. The Morgan fingerprint density at radius 1 is 1.89 bits per heavy atom. The Morgan fingerprint density at radius 3 is 3.11 bits per heavy atom. The van der Waals surface area contributed by atoms with Gasteiger partial charge in [-0.3, -0.25) is 0 Å². The lowest BCUT2D eigenvalue weighted by Gasteiger charge is -1.97. The molecule has 0 fully saturated rings. The molecule has 9 heavy (non-hydrogen) atoms. The van der Waals surface area contributed by atoms with Crippen LogP contribution in [0.2, 0.25) is 0 Å². The number of hydrogen-bond donors (Lipinski definition) is 1. The highest BCUT2D eigenvalue weighted by atomic mass is 32.1. The van der Waals surface area contributed by atoms with Crippen molar-refractivity contribution >= 4 is 11.3 Å². The molecule has 0 bridgehead atoms. The molecule has 0 aliphatic heterocycles. The van der Waals surface area contributed by atoms with Crippen LogP contribution in [0.15, 0.2) is 23.5 Å². The Hall–Kier alpha value is -0.670. The van der Waals surface area contributed by atoms with Gasteiger partial charge in [0, 0.05) is 5.38 Å². The minimum atomic E-state index is -0.101. The van der Waals surface area contributed by atoms with Crippen molar-refractivity contribution < 1.29 is 0 Å². The van der Waals surface area contributed by atoms with Crippen LogP contribution in [-0.2, 0) is 0 Å². The lowest BCUT2D eigenvalue weighted by atomic mass is 10.2. The molecule has 48 valence electrons. The van der Waals surface area contributed by atoms with E-state index in [1.165, 1.54) is 0 Å². The third kappa shape index (κ3) is 1.37. The Morgan fingerprint density at radius 2 is 2.67 bits per heavy atom. The van der Waals surface area contributed by atoms with Gasteiger partial charge >= 0.3 is 0 Å². The molecule has 0 saturated carbocycles. The summed E-state index contributed by atoms with van der Waals surface area (Å²) in [6, 6.07) is -0.101. The normalized spacial score (nSPS) is 13.0. The van der Waals surface area contributed by atoms with Gasteiger partial charge < -0.3 is 5.73 Å². The molecule has 1 heterocycles. The summed E-state index contributed by atoms with van der Waals surface area (Å²) < 4.78 is 0. The molecule has 2 N–H and O–H groups in total. The molecular formula is C6H8N2S. The van der Waals surface area contributed by atoms with Gasteiger partial charge in [-0.2, -0.15) is 0 Å². The fourth-order valence-corrected chi connectivity index (χ4v) is 1.11. The van der Waals surface area contributed by atoms with Gasteiger partial charge in [0.15, 0.2) is 0 Å². The number of rotatable bonds is 2. The first kappa shape index (κ1) is 6.45. The van der Waals surface area contributed by atoms with Crippen LogP contribution in [-0.4, -0.2) is 4.98 Å². The van der Waals surface area contributed by atoms with E-state index in [-0.39, 0.29) is 6.04 Å². The first-order valence-corrected chi connectivity index (χ1v) is 3.55. The van der Waals surface area contributed by atoms with E-state index in [4.69, 9.17) is 5.73 Å². The van der Waals surface area contributed by atoms with Crippen LogP contribution >= 0.6 is 11.3 Å². The van der Waals surface area contributed by atoms with E-state index in [1.807, 2.05) is 5.38 Å². The molecule has 1 rings (SSSR count). The first-order valence-electron chi connectivity index (χ1n) is 2.61. The largest absolute Gasteiger partial charge is 0.319 e. The van der Waals surface area contributed by atoms with Crippen LogP contribution in [0.4, 0.5) is 0 Å². The fourth-order valence-electron chi connectivity index (χ4n) is 0.507. The van der Waals surface area contributed by atoms with Crippen molar-refractivity contribution in [1.82, 2.24) is 4.98 Å². The maximum Gasteiger partial charge on any atom is 0.0795 e. The van der Waals surface area contributed by atoms with E-state index in [2.05, 4.69) is 11.6 Å². The molecule has 0 aliphatic carbocycles. The molecule has 1 aromatic heterocycles. The summed E-state index contributed by atoms with van der Waals surface area (Å²) in [5, 5.41) is 1.92. The summed E-state index contributed by atoms with van der Waals surface area (Å²) >= 11 is 1.54. The molecule has 0 aromatic carbocycles. The van der Waals surface area contributed by atoms with E-state index in [0.29, 0.717) is 0 Å². The Bertz CT molecular complexity index is 181. The topological polar surface area (TPSA) is 38.9 Å². The number of hydrogen-bond acceptors (Lipinski definition) is 3. The van der Waals surface area contributed by atoms with E-state index < -0.39 is 0 Å². The molecule has 0 radical (unpaired) electrons. The molecule has 3 heteroatoms. The van der Waals surface area contributed by atoms with Crippen molar-refractivity contribution in [2.24, 2.45) is 5.73 Å². The molecule has 1 atom stereocenters. The summed E-state index contributed by atoms with van der Waals surface area (Å²) in [4.78, 5) is 4.01. The Balaban J connectivity index is 2.76. The second kappa shape index (κ2) is 2.75. The number of nitrogens with zero attached hydrogens (tertiary/aromatic N) is 1. The second-order valence-electron chi connectivity index (χ2n) is 1.67. The number of aromatic nitrogens is 1. The molecule has 0 saturated heterocycles. The standard InChI is InChI=1S/C6H8N2S/c1-2-5(7)6-3-9-4-8-6/h2-5H,1,7H2. The molecule has 0 amide bonds. The van der Waals surface area contributed by atoms with Crippen molar-refractivity contribution in [3.05, 3.63) is 29.2 Å². The number of nitrogens with two attached hydrogens (primary N) is 1. The fraction of sp³-hybridized carbons (Fsp3) is 0.167. The van der Waals surface area contributed by atoms with Gasteiger partial charge in [0.05, 0.1) is 17.2 Å². The van der Waals surface area contributed by atoms with Gasteiger partial charge in [-0.05, 0) is 0 Å². The van der Waals surface area contributed by atoms with Gasteiger partial charge in [-0.1, -0.05) is 6.08 Å². The summed E-state index contributed by atoms with van der Waals surface area (Å²) in [6.45, 7) is 3.56. The zero-order chi connectivity index (χ0) is 6.69. The molecular weight excluding hydrogens is 132 g/mol. The van der Waals surface area contributed by atoms with Crippen LogP contribution in [0.1, 0.15) is 11.7 Å². The van der Waals surface area contributed by atoms with Crippen molar-refractivity contribution in [1.29, 1.82) is 0 Å². The van der Waals surface area contributed by atoms with Crippen molar-refractivity contribution in [2.45, 2.75) is 6.04 Å². The van der Waals surface area contributed by atoms with Gasteiger partial charge in [0.2, 0.25) is 0 Å². The molecule has 1 aromatic rings. The van der Waals surface area contributed by atoms with Crippen LogP contribution in [0.3, 0.4) is 0 Å². The SMILES string of the molecule is C=CC(N)c1cscn1. The van der Waals surface area contributed by atoms with Crippen molar-refractivity contribution in [3.63, 3.8) is 0 Å². The summed E-state index contributed by atoms with van der Waals surface area (Å²) in [5.41, 5.74) is 8.23. The summed E-state index contributed by atoms with van der Waals surface area (Å²) in [7, 11) is 0. The lowest BCUT2D eigenvalue weighted by molar-refractivity contribution is 0.876. The minimum Gasteiger partial charge on any atom is -0.319 e. The maximum atomic E-state index is 5.56. The highest BCUT2D eigenvalue weighted by Gasteiger charge is 2.00. The maximum absolute atomic E-state index is 5.56. The van der Waals surface area contributed by atoms with Crippen LogP contribution in [0, 0.1) is 0 Å². The van der Waals surface area contributed by atoms with Crippen LogP contribution in [0.25, 0.3) is 0 Å². The zero-order valence-electron chi connectivity index (χ0n) is 4.95. The first-order chi connectivity index (χ1) is 4.34. The Labute approximate surface area is 58.0 Å². The second-order valence-corrected chi connectivity index (χ2v) is 2.39. The van der Waals surface area contributed by atoms with Gasteiger partial charge in [0.1, 0.15) is 0 Å². The van der Waals surface area contributed by atoms with Gasteiger partial charge in [0.25, 0.3) is 0 Å². The zero-order valence-corrected chi connectivity index (χ0v) is 5.77. The highest BCUT2D eigenvalue weighted by Crippen LogP contribution is 2.09. The molecule has 2 nitrogen and oxygen atoms in total. The predicted molar refractivity (Wildman–Crippen MR) is 39.2 cm³/mol. The van der Waals surface area contributed by atoms with Crippen molar-refractivity contribution in [2.75, 3.05) is 0 Å². The predicted octanol–water partition coefficient (Wildman–Crippen LogP) is 1.33. The van der Waals surface area contributed by atoms with E-state index in [1.54, 1.807) is 22.9 Å².